The topological polar surface area (TPSA) is 90.0 Å². The summed E-state index contributed by atoms with van der Waals surface area (Å²) in [7, 11) is 0. The Hall–Kier alpha value is -0.991. The van der Waals surface area contributed by atoms with E-state index >= 15 is 0 Å². The third-order valence-corrected chi connectivity index (χ3v) is 2.20. The molecule has 1 heterocycles. The summed E-state index contributed by atoms with van der Waals surface area (Å²) in [4.78, 5) is 7.58. The van der Waals surface area contributed by atoms with E-state index < -0.39 is 18.1 Å². The van der Waals surface area contributed by atoms with Gasteiger partial charge in [0.2, 0.25) is 5.82 Å². The Morgan fingerprint density at radius 2 is 1.62 bits per heavy atom. The Balaban J connectivity index is 0.00000225. The molecule has 0 aliphatic rings. The van der Waals surface area contributed by atoms with Crippen LogP contribution in [0.2, 0.25) is 0 Å². The molecule has 0 fully saturated rings. The summed E-state index contributed by atoms with van der Waals surface area (Å²) in [5, 5.41) is 27.5. The van der Waals surface area contributed by atoms with Crippen LogP contribution in [0, 0.1) is 11.3 Å². The molecule has 0 saturated carbocycles. The van der Waals surface area contributed by atoms with E-state index in [1.54, 1.807) is 19.9 Å². The minimum Gasteiger partial charge on any atom is -0.393 e. The molecule has 2 N–H and O–H groups in total. The predicted octanol–water partition coefficient (Wildman–Crippen LogP) is 0.191. The van der Waals surface area contributed by atoms with Crippen molar-refractivity contribution < 1.29 is 27.3 Å². The minimum absolute atomic E-state index is 0. The van der Waals surface area contributed by atoms with Gasteiger partial charge in [0.25, 0.3) is 0 Å². The standard InChI is InChI=1S/C10H13N3O2.Cu/c1-6(14)10(7(2)15)8-4-12-9(3-11)13-5-8;/h4-7,10,14-15H,1-2H3;. The third kappa shape index (κ3) is 3.54. The van der Waals surface area contributed by atoms with Crippen molar-refractivity contribution in [3.63, 3.8) is 0 Å². The number of nitrogens with zero attached hydrogens (tertiary/aromatic N) is 3. The van der Waals surface area contributed by atoms with Crippen LogP contribution >= 0.6 is 0 Å². The average molecular weight is 271 g/mol. The van der Waals surface area contributed by atoms with Crippen LogP contribution in [0.3, 0.4) is 0 Å². The summed E-state index contributed by atoms with van der Waals surface area (Å²) in [5.41, 5.74) is 0.624. The van der Waals surface area contributed by atoms with Gasteiger partial charge in [0.05, 0.1) is 12.2 Å². The number of hydrogen-bond donors (Lipinski definition) is 2. The molecule has 6 heteroatoms. The van der Waals surface area contributed by atoms with Crippen LogP contribution in [-0.4, -0.2) is 32.4 Å². The van der Waals surface area contributed by atoms with E-state index in [9.17, 15) is 10.2 Å². The molecule has 0 aliphatic carbocycles. The maximum atomic E-state index is 9.48. The average Bonchev–Trinajstić information content (AvgIpc) is 2.18. The molecule has 2 atom stereocenters. The number of rotatable bonds is 3. The fourth-order valence-electron chi connectivity index (χ4n) is 1.53. The largest absolute Gasteiger partial charge is 0.393 e. The first-order valence-electron chi connectivity index (χ1n) is 4.64. The van der Waals surface area contributed by atoms with Gasteiger partial charge in [-0.1, -0.05) is 0 Å². The summed E-state index contributed by atoms with van der Waals surface area (Å²) >= 11 is 0. The Bertz CT molecular complexity index is 351. The van der Waals surface area contributed by atoms with Gasteiger partial charge in [-0.25, -0.2) is 9.97 Å². The maximum Gasteiger partial charge on any atom is 0.232 e. The van der Waals surface area contributed by atoms with Gasteiger partial charge < -0.3 is 10.2 Å². The molecule has 0 amide bonds. The van der Waals surface area contributed by atoms with E-state index in [2.05, 4.69) is 9.97 Å². The predicted molar refractivity (Wildman–Crippen MR) is 52.8 cm³/mol. The van der Waals surface area contributed by atoms with E-state index in [1.807, 2.05) is 0 Å². The van der Waals surface area contributed by atoms with Gasteiger partial charge >= 0.3 is 0 Å². The summed E-state index contributed by atoms with van der Waals surface area (Å²) < 4.78 is 0. The van der Waals surface area contributed by atoms with Gasteiger partial charge in [-0.2, -0.15) is 5.26 Å². The Labute approximate surface area is 105 Å². The van der Waals surface area contributed by atoms with Crippen LogP contribution < -0.4 is 0 Å². The molecule has 0 aliphatic heterocycles. The van der Waals surface area contributed by atoms with Crippen molar-refractivity contribution in [2.24, 2.45) is 0 Å². The first kappa shape index (κ1) is 15.0. The van der Waals surface area contributed by atoms with Crippen molar-refractivity contribution in [2.45, 2.75) is 32.0 Å². The quantitative estimate of drug-likeness (QED) is 0.766. The third-order valence-electron chi connectivity index (χ3n) is 2.20. The minimum atomic E-state index is -0.693. The zero-order valence-electron chi connectivity index (χ0n) is 8.92. The van der Waals surface area contributed by atoms with Crippen molar-refractivity contribution >= 4 is 0 Å². The van der Waals surface area contributed by atoms with Gasteiger partial charge in [-0.15, -0.1) is 0 Å². The SMILES string of the molecule is CC(O)C(c1cnc(C#N)nc1)C(C)O.[Cu]. The van der Waals surface area contributed by atoms with E-state index in [4.69, 9.17) is 5.26 Å². The zero-order valence-corrected chi connectivity index (χ0v) is 9.87. The molecule has 1 aromatic rings. The molecule has 1 radical (unpaired) electrons. The van der Waals surface area contributed by atoms with E-state index in [-0.39, 0.29) is 22.9 Å². The van der Waals surface area contributed by atoms with Crippen molar-refractivity contribution in [3.8, 4) is 6.07 Å². The van der Waals surface area contributed by atoms with E-state index in [0.29, 0.717) is 5.56 Å². The molecule has 5 nitrogen and oxygen atoms in total. The normalized spacial score (nSPS) is 15.4. The van der Waals surface area contributed by atoms with Crippen LogP contribution in [0.15, 0.2) is 12.4 Å². The van der Waals surface area contributed by atoms with Crippen molar-refractivity contribution in [2.75, 3.05) is 0 Å². The zero-order chi connectivity index (χ0) is 11.4. The molecule has 16 heavy (non-hydrogen) atoms. The van der Waals surface area contributed by atoms with Crippen molar-refractivity contribution in [1.82, 2.24) is 9.97 Å². The van der Waals surface area contributed by atoms with Crippen LogP contribution in [0.1, 0.15) is 31.2 Å². The molecule has 1 rings (SSSR count). The first-order chi connectivity index (χ1) is 7.06. The first-order valence-corrected chi connectivity index (χ1v) is 4.64. The van der Waals surface area contributed by atoms with Gasteiger partial charge in [0.1, 0.15) is 6.07 Å². The molecule has 0 bridgehead atoms. The molecular weight excluding hydrogens is 258 g/mol. The molecule has 2 unspecified atom stereocenters. The van der Waals surface area contributed by atoms with Gasteiger partial charge in [0.15, 0.2) is 0 Å². The van der Waals surface area contributed by atoms with Crippen LogP contribution in [0.5, 0.6) is 0 Å². The number of hydrogen-bond acceptors (Lipinski definition) is 5. The molecule has 1 aromatic heterocycles. The van der Waals surface area contributed by atoms with E-state index in [0.717, 1.165) is 0 Å². The molecule has 91 valence electrons. The monoisotopic (exact) mass is 270 g/mol. The van der Waals surface area contributed by atoms with Crippen molar-refractivity contribution in [3.05, 3.63) is 23.8 Å². The van der Waals surface area contributed by atoms with E-state index in [1.165, 1.54) is 12.4 Å². The molecule has 0 spiro atoms. The van der Waals surface area contributed by atoms with Crippen LogP contribution in [-0.2, 0) is 17.1 Å². The van der Waals surface area contributed by atoms with Gasteiger partial charge in [0, 0.05) is 35.4 Å². The van der Waals surface area contributed by atoms with Crippen LogP contribution in [0.4, 0.5) is 0 Å². The van der Waals surface area contributed by atoms with Gasteiger partial charge in [-0.05, 0) is 19.4 Å². The Morgan fingerprint density at radius 3 is 1.94 bits per heavy atom. The second-order valence-corrected chi connectivity index (χ2v) is 3.46. The number of aromatic nitrogens is 2. The van der Waals surface area contributed by atoms with Gasteiger partial charge in [-0.3, -0.25) is 0 Å². The fraction of sp³-hybridized carbons (Fsp3) is 0.500. The van der Waals surface area contributed by atoms with Crippen LogP contribution in [0.25, 0.3) is 0 Å². The molecular formula is C10H13CuN3O2. The molecule has 0 saturated heterocycles. The summed E-state index contributed by atoms with van der Waals surface area (Å²) in [5.74, 6) is -0.355. The maximum absolute atomic E-state index is 9.48. The molecule has 0 aromatic carbocycles. The summed E-state index contributed by atoms with van der Waals surface area (Å²) in [6, 6.07) is 1.80. The smallest absolute Gasteiger partial charge is 0.232 e. The number of aliphatic hydroxyl groups excluding tert-OH is 2. The second kappa shape index (κ2) is 6.56. The summed E-state index contributed by atoms with van der Waals surface area (Å²) in [6.07, 6.45) is 1.52. The van der Waals surface area contributed by atoms with Crippen molar-refractivity contribution in [1.29, 1.82) is 5.26 Å². The fourth-order valence-corrected chi connectivity index (χ4v) is 1.53. The Kier molecular flexibility index (Phi) is 6.16. The number of aliphatic hydroxyl groups is 2. The summed E-state index contributed by atoms with van der Waals surface area (Å²) in [6.45, 7) is 3.19. The number of nitriles is 1. The second-order valence-electron chi connectivity index (χ2n) is 3.46. The Morgan fingerprint density at radius 1 is 1.19 bits per heavy atom.